The number of alkyl halides is 3. The van der Waals surface area contributed by atoms with Crippen LogP contribution < -0.4 is 5.32 Å². The molecule has 1 aliphatic rings. The van der Waals surface area contributed by atoms with Gasteiger partial charge in [0.1, 0.15) is 0 Å². The smallest absolute Gasteiger partial charge is 0.414 e. The zero-order valence-electron chi connectivity index (χ0n) is 5.44. The maximum atomic E-state index is 11.8. The summed E-state index contributed by atoms with van der Waals surface area (Å²) in [6, 6.07) is 0. The largest absolute Gasteiger partial charge is 0.495 e. The van der Waals surface area contributed by atoms with Crippen LogP contribution in [0, 0.1) is 0 Å². The second-order valence-electron chi connectivity index (χ2n) is 2.10. The first kappa shape index (κ1) is 7.97. The van der Waals surface area contributed by atoms with Crippen molar-refractivity contribution in [3.8, 4) is 0 Å². The molecular formula is C6H6F3NO. The van der Waals surface area contributed by atoms with Crippen molar-refractivity contribution in [3.63, 3.8) is 0 Å². The number of aliphatic hydroxyl groups is 1. The zero-order chi connectivity index (χ0) is 8.48. The van der Waals surface area contributed by atoms with Crippen LogP contribution in [-0.4, -0.2) is 17.8 Å². The first-order valence-electron chi connectivity index (χ1n) is 2.91. The van der Waals surface area contributed by atoms with Gasteiger partial charge in [0, 0.05) is 6.54 Å². The van der Waals surface area contributed by atoms with Gasteiger partial charge in [-0.25, -0.2) is 0 Å². The van der Waals surface area contributed by atoms with Crippen molar-refractivity contribution >= 4 is 0 Å². The number of hydrogen-bond acceptors (Lipinski definition) is 2. The van der Waals surface area contributed by atoms with Crippen LogP contribution in [0.3, 0.4) is 0 Å². The summed E-state index contributed by atoms with van der Waals surface area (Å²) in [6.07, 6.45) is -2.47. The van der Waals surface area contributed by atoms with E-state index in [2.05, 4.69) is 5.32 Å². The Bertz CT molecular complexity index is 216. The molecule has 0 amide bonds. The van der Waals surface area contributed by atoms with E-state index in [9.17, 15) is 13.2 Å². The Morgan fingerprint density at radius 1 is 1.36 bits per heavy atom. The second kappa shape index (κ2) is 2.48. The second-order valence-corrected chi connectivity index (χ2v) is 2.10. The SMILES string of the molecule is OC1=CC=C(C(F)(F)F)CN1. The van der Waals surface area contributed by atoms with E-state index in [-0.39, 0.29) is 12.4 Å². The molecule has 0 saturated carbocycles. The van der Waals surface area contributed by atoms with Gasteiger partial charge in [0.05, 0.1) is 5.57 Å². The van der Waals surface area contributed by atoms with Crippen LogP contribution in [0.2, 0.25) is 0 Å². The summed E-state index contributed by atoms with van der Waals surface area (Å²) in [6.45, 7) is -0.369. The van der Waals surface area contributed by atoms with Crippen LogP contribution in [0.4, 0.5) is 13.2 Å². The van der Waals surface area contributed by atoms with Crippen LogP contribution in [0.1, 0.15) is 0 Å². The van der Waals surface area contributed by atoms with E-state index in [4.69, 9.17) is 5.11 Å². The Kier molecular flexibility index (Phi) is 1.80. The van der Waals surface area contributed by atoms with Gasteiger partial charge in [-0.05, 0) is 12.2 Å². The molecule has 0 radical (unpaired) electrons. The number of aliphatic hydroxyl groups excluding tert-OH is 1. The van der Waals surface area contributed by atoms with Gasteiger partial charge in [-0.1, -0.05) is 0 Å². The molecular weight excluding hydrogens is 159 g/mol. The van der Waals surface area contributed by atoms with E-state index < -0.39 is 11.7 Å². The van der Waals surface area contributed by atoms with Gasteiger partial charge in [-0.3, -0.25) is 0 Å². The fourth-order valence-electron chi connectivity index (χ4n) is 0.678. The molecule has 0 aliphatic carbocycles. The normalized spacial score (nSPS) is 18.5. The molecule has 0 bridgehead atoms. The van der Waals surface area contributed by atoms with E-state index in [1.807, 2.05) is 0 Å². The fraction of sp³-hybridized carbons (Fsp3) is 0.333. The zero-order valence-corrected chi connectivity index (χ0v) is 5.44. The predicted octanol–water partition coefficient (Wildman–Crippen LogP) is 1.48. The van der Waals surface area contributed by atoms with Crippen LogP contribution in [-0.2, 0) is 0 Å². The van der Waals surface area contributed by atoms with E-state index in [0.29, 0.717) is 0 Å². The van der Waals surface area contributed by atoms with E-state index >= 15 is 0 Å². The lowest BCUT2D eigenvalue weighted by Gasteiger charge is -2.15. The summed E-state index contributed by atoms with van der Waals surface area (Å²) in [5.74, 6) is -0.238. The van der Waals surface area contributed by atoms with Gasteiger partial charge >= 0.3 is 6.18 Å². The van der Waals surface area contributed by atoms with Gasteiger partial charge in [0.15, 0.2) is 5.88 Å². The van der Waals surface area contributed by atoms with Crippen LogP contribution in [0.15, 0.2) is 23.6 Å². The molecule has 5 heteroatoms. The number of halogens is 3. The predicted molar refractivity (Wildman–Crippen MR) is 32.9 cm³/mol. The molecule has 1 heterocycles. The van der Waals surface area contributed by atoms with E-state index in [0.717, 1.165) is 12.2 Å². The summed E-state index contributed by atoms with van der Waals surface area (Å²) in [5, 5.41) is 10.8. The van der Waals surface area contributed by atoms with Crippen molar-refractivity contribution in [2.45, 2.75) is 6.18 Å². The lowest BCUT2D eigenvalue weighted by molar-refractivity contribution is -0.0931. The molecule has 62 valence electrons. The highest BCUT2D eigenvalue weighted by Gasteiger charge is 2.33. The van der Waals surface area contributed by atoms with Crippen LogP contribution in [0.25, 0.3) is 0 Å². The molecule has 0 aromatic rings. The third-order valence-electron chi connectivity index (χ3n) is 1.27. The van der Waals surface area contributed by atoms with Gasteiger partial charge in [-0.2, -0.15) is 13.2 Å². The number of dihydropyridines is 1. The molecule has 0 aromatic heterocycles. The molecule has 11 heavy (non-hydrogen) atoms. The Hall–Kier alpha value is -1.13. The third-order valence-corrected chi connectivity index (χ3v) is 1.27. The minimum Gasteiger partial charge on any atom is -0.495 e. The first-order valence-corrected chi connectivity index (χ1v) is 2.91. The molecule has 0 fully saturated rings. The van der Waals surface area contributed by atoms with Crippen molar-refractivity contribution in [1.29, 1.82) is 0 Å². The summed E-state index contributed by atoms with van der Waals surface area (Å²) in [7, 11) is 0. The van der Waals surface area contributed by atoms with Gasteiger partial charge in [0.2, 0.25) is 0 Å². The van der Waals surface area contributed by atoms with E-state index in [1.165, 1.54) is 0 Å². The van der Waals surface area contributed by atoms with Gasteiger partial charge in [-0.15, -0.1) is 0 Å². The molecule has 1 rings (SSSR count). The topological polar surface area (TPSA) is 32.3 Å². The molecule has 2 nitrogen and oxygen atoms in total. The Morgan fingerprint density at radius 3 is 2.36 bits per heavy atom. The molecule has 0 spiro atoms. The highest BCUT2D eigenvalue weighted by Crippen LogP contribution is 2.26. The maximum absolute atomic E-state index is 11.8. The third kappa shape index (κ3) is 1.89. The van der Waals surface area contributed by atoms with Crippen LogP contribution in [0.5, 0.6) is 0 Å². The maximum Gasteiger partial charge on any atom is 0.414 e. The minimum absolute atomic E-state index is 0.238. The summed E-state index contributed by atoms with van der Waals surface area (Å²) < 4.78 is 35.5. The Labute approximate surface area is 61.0 Å². The number of nitrogens with one attached hydrogen (secondary N) is 1. The summed E-state index contributed by atoms with van der Waals surface area (Å²) in [4.78, 5) is 0. The van der Waals surface area contributed by atoms with Gasteiger partial charge in [0.25, 0.3) is 0 Å². The lowest BCUT2D eigenvalue weighted by Crippen LogP contribution is -2.27. The molecule has 1 aliphatic heterocycles. The van der Waals surface area contributed by atoms with Crippen molar-refractivity contribution in [2.24, 2.45) is 0 Å². The fourth-order valence-corrected chi connectivity index (χ4v) is 0.678. The standard InChI is InChI=1S/C6H6F3NO/c7-6(8,9)4-1-2-5(11)10-3-4/h1-2,10-11H,3H2. The lowest BCUT2D eigenvalue weighted by atomic mass is 10.2. The van der Waals surface area contributed by atoms with Crippen molar-refractivity contribution < 1.29 is 18.3 Å². The number of allylic oxidation sites excluding steroid dienone is 2. The van der Waals surface area contributed by atoms with Crippen LogP contribution >= 0.6 is 0 Å². The average Bonchev–Trinajstić information content (AvgIpc) is 1.86. The van der Waals surface area contributed by atoms with Crippen molar-refractivity contribution in [3.05, 3.63) is 23.6 Å². The highest BCUT2D eigenvalue weighted by molar-refractivity contribution is 5.24. The Balaban J connectivity index is 2.77. The summed E-state index contributed by atoms with van der Waals surface area (Å²) >= 11 is 0. The minimum atomic E-state index is -4.30. The number of hydrogen-bond donors (Lipinski definition) is 2. The highest BCUT2D eigenvalue weighted by atomic mass is 19.4. The van der Waals surface area contributed by atoms with Crippen molar-refractivity contribution in [1.82, 2.24) is 5.32 Å². The Morgan fingerprint density at radius 2 is 2.00 bits per heavy atom. The average molecular weight is 165 g/mol. The summed E-state index contributed by atoms with van der Waals surface area (Å²) in [5.41, 5.74) is -0.685. The molecule has 0 atom stereocenters. The molecule has 2 N–H and O–H groups in total. The monoisotopic (exact) mass is 165 g/mol. The molecule has 0 unspecified atom stereocenters. The van der Waals surface area contributed by atoms with Gasteiger partial charge < -0.3 is 10.4 Å². The molecule has 0 aromatic carbocycles. The quantitative estimate of drug-likeness (QED) is 0.569. The first-order chi connectivity index (χ1) is 5.00. The van der Waals surface area contributed by atoms with Crippen molar-refractivity contribution in [2.75, 3.05) is 6.54 Å². The number of rotatable bonds is 0. The van der Waals surface area contributed by atoms with E-state index in [1.54, 1.807) is 0 Å². The molecule has 0 saturated heterocycles.